The van der Waals surface area contributed by atoms with Crippen LogP contribution in [0.25, 0.3) is 0 Å². The molecule has 0 aromatic heterocycles. The van der Waals surface area contributed by atoms with Crippen molar-refractivity contribution in [2.45, 2.75) is 24.8 Å². The highest BCUT2D eigenvalue weighted by molar-refractivity contribution is 7.89. The van der Waals surface area contributed by atoms with E-state index in [0.29, 0.717) is 0 Å². The first-order valence-electron chi connectivity index (χ1n) is 5.06. The minimum Gasteiger partial charge on any atom is -0.318 e. The lowest BCUT2D eigenvalue weighted by atomic mass is 10.3. The summed E-state index contributed by atoms with van der Waals surface area (Å²) in [6, 6.07) is 3.48. The van der Waals surface area contributed by atoms with Crippen molar-refractivity contribution in [3.05, 3.63) is 28.3 Å². The maximum absolute atomic E-state index is 12.0. The van der Waals surface area contributed by atoms with E-state index in [1.165, 1.54) is 12.1 Å². The Morgan fingerprint density at radius 1 is 1.39 bits per heavy atom. The molecule has 18 heavy (non-hydrogen) atoms. The number of benzene rings is 1. The van der Waals surface area contributed by atoms with Gasteiger partial charge in [0.25, 0.3) is 0 Å². The van der Waals surface area contributed by atoms with Gasteiger partial charge in [-0.2, -0.15) is 0 Å². The lowest BCUT2D eigenvalue weighted by Crippen LogP contribution is -2.31. The molecule has 0 saturated heterocycles. The topological polar surface area (TPSA) is 127 Å². The molecule has 4 N–H and O–H groups in total. The number of nitrogens with two attached hydrogens (primary N) is 1. The number of nitrogen functional groups attached to an aromatic ring is 1. The average Bonchev–Trinajstić information content (AvgIpc) is 2.26. The van der Waals surface area contributed by atoms with E-state index in [-0.39, 0.29) is 11.7 Å². The van der Waals surface area contributed by atoms with E-state index in [4.69, 9.17) is 5.84 Å². The maximum Gasteiger partial charge on any atom is 0.313 e. The summed E-state index contributed by atoms with van der Waals surface area (Å²) < 4.78 is 26.2. The number of hydrogen-bond acceptors (Lipinski definition) is 6. The van der Waals surface area contributed by atoms with Gasteiger partial charge in [0.2, 0.25) is 10.0 Å². The molecule has 8 nitrogen and oxygen atoms in total. The van der Waals surface area contributed by atoms with Crippen molar-refractivity contribution in [1.82, 2.24) is 4.72 Å². The lowest BCUT2D eigenvalue weighted by molar-refractivity contribution is -0.386. The summed E-state index contributed by atoms with van der Waals surface area (Å²) in [6.07, 6.45) is 0. The van der Waals surface area contributed by atoms with Gasteiger partial charge >= 0.3 is 5.69 Å². The Morgan fingerprint density at radius 2 is 2.00 bits per heavy atom. The number of para-hydroxylation sites is 1. The predicted molar refractivity (Wildman–Crippen MR) is 66.4 cm³/mol. The van der Waals surface area contributed by atoms with Crippen LogP contribution < -0.4 is 16.0 Å². The number of rotatable bonds is 5. The number of nitro groups is 1. The Balaban J connectivity index is 3.46. The SMILES string of the molecule is CC(C)NS(=O)(=O)c1cccc(NN)c1[N+](=O)[O-]. The first kappa shape index (κ1) is 14.4. The smallest absolute Gasteiger partial charge is 0.313 e. The van der Waals surface area contributed by atoms with E-state index < -0.39 is 25.5 Å². The first-order chi connectivity index (χ1) is 8.29. The number of hydrogen-bond donors (Lipinski definition) is 3. The molecule has 0 fully saturated rings. The van der Waals surface area contributed by atoms with Crippen LogP contribution in [-0.2, 0) is 10.0 Å². The zero-order chi connectivity index (χ0) is 13.9. The van der Waals surface area contributed by atoms with Crippen LogP contribution in [0.4, 0.5) is 11.4 Å². The molecule has 0 unspecified atom stereocenters. The van der Waals surface area contributed by atoms with Crippen LogP contribution in [0.1, 0.15) is 13.8 Å². The molecule has 0 aliphatic rings. The molecule has 0 atom stereocenters. The first-order valence-corrected chi connectivity index (χ1v) is 6.54. The fourth-order valence-electron chi connectivity index (χ4n) is 1.42. The third-order valence-corrected chi connectivity index (χ3v) is 3.71. The molecule has 9 heteroatoms. The second-order valence-corrected chi connectivity index (χ2v) is 5.51. The Hall–Kier alpha value is -1.71. The van der Waals surface area contributed by atoms with Crippen LogP contribution >= 0.6 is 0 Å². The lowest BCUT2D eigenvalue weighted by Gasteiger charge is -2.11. The molecule has 1 rings (SSSR count). The Labute approximate surface area is 104 Å². The van der Waals surface area contributed by atoms with Crippen LogP contribution in [0.15, 0.2) is 23.1 Å². The van der Waals surface area contributed by atoms with Gasteiger partial charge in [0.1, 0.15) is 5.69 Å². The summed E-state index contributed by atoms with van der Waals surface area (Å²) in [5, 5.41) is 11.0. The highest BCUT2D eigenvalue weighted by Crippen LogP contribution is 2.31. The number of nitrogens with zero attached hydrogens (tertiary/aromatic N) is 1. The van der Waals surface area contributed by atoms with E-state index in [0.717, 1.165) is 6.07 Å². The summed E-state index contributed by atoms with van der Waals surface area (Å²) >= 11 is 0. The van der Waals surface area contributed by atoms with Gasteiger partial charge in [-0.05, 0) is 26.0 Å². The average molecular weight is 274 g/mol. The molecule has 0 spiro atoms. The number of sulfonamides is 1. The van der Waals surface area contributed by atoms with Crippen LogP contribution in [0.3, 0.4) is 0 Å². The maximum atomic E-state index is 12.0. The third kappa shape index (κ3) is 2.94. The van der Waals surface area contributed by atoms with E-state index in [1.807, 2.05) is 0 Å². The molecule has 0 heterocycles. The molecule has 0 amide bonds. The molecule has 1 aromatic carbocycles. The fourth-order valence-corrected chi connectivity index (χ4v) is 2.86. The van der Waals surface area contributed by atoms with Crippen molar-refractivity contribution in [2.24, 2.45) is 5.84 Å². The number of nitro benzene ring substituents is 1. The van der Waals surface area contributed by atoms with E-state index in [1.54, 1.807) is 13.8 Å². The van der Waals surface area contributed by atoms with Gasteiger partial charge in [0.05, 0.1) is 4.92 Å². The van der Waals surface area contributed by atoms with Crippen molar-refractivity contribution in [2.75, 3.05) is 5.43 Å². The van der Waals surface area contributed by atoms with Crippen molar-refractivity contribution < 1.29 is 13.3 Å². The number of nitrogens with one attached hydrogen (secondary N) is 2. The van der Waals surface area contributed by atoms with Gasteiger partial charge < -0.3 is 5.43 Å². The van der Waals surface area contributed by atoms with E-state index >= 15 is 0 Å². The Kier molecular flexibility index (Phi) is 4.22. The zero-order valence-electron chi connectivity index (χ0n) is 9.88. The van der Waals surface area contributed by atoms with E-state index in [9.17, 15) is 18.5 Å². The molecule has 0 bridgehead atoms. The summed E-state index contributed by atoms with van der Waals surface area (Å²) in [7, 11) is -3.96. The third-order valence-electron chi connectivity index (χ3n) is 2.02. The molecule has 100 valence electrons. The minimum atomic E-state index is -3.96. The van der Waals surface area contributed by atoms with Gasteiger partial charge in [-0.1, -0.05) is 6.07 Å². The summed E-state index contributed by atoms with van der Waals surface area (Å²) in [6.45, 7) is 3.24. The second-order valence-electron chi connectivity index (χ2n) is 3.83. The van der Waals surface area contributed by atoms with Gasteiger partial charge in [-0.15, -0.1) is 0 Å². The summed E-state index contributed by atoms with van der Waals surface area (Å²) in [5.41, 5.74) is 1.47. The van der Waals surface area contributed by atoms with Gasteiger partial charge in [-0.3, -0.25) is 16.0 Å². The molecular formula is C9H14N4O4S. The second kappa shape index (κ2) is 5.29. The summed E-state index contributed by atoms with van der Waals surface area (Å²) in [5.74, 6) is 5.13. The Bertz CT molecular complexity index is 556. The van der Waals surface area contributed by atoms with Gasteiger partial charge in [0, 0.05) is 6.04 Å². The van der Waals surface area contributed by atoms with Crippen LogP contribution in [0.5, 0.6) is 0 Å². The Morgan fingerprint density at radius 3 is 2.44 bits per heavy atom. The highest BCUT2D eigenvalue weighted by Gasteiger charge is 2.29. The van der Waals surface area contributed by atoms with Crippen LogP contribution in [0, 0.1) is 10.1 Å². The highest BCUT2D eigenvalue weighted by atomic mass is 32.2. The normalized spacial score (nSPS) is 11.6. The minimum absolute atomic E-state index is 0.0633. The summed E-state index contributed by atoms with van der Waals surface area (Å²) in [4.78, 5) is 9.74. The van der Waals surface area contributed by atoms with Crippen LogP contribution in [0.2, 0.25) is 0 Å². The van der Waals surface area contributed by atoms with Crippen molar-refractivity contribution in [1.29, 1.82) is 0 Å². The monoisotopic (exact) mass is 274 g/mol. The largest absolute Gasteiger partial charge is 0.318 e. The van der Waals surface area contributed by atoms with Crippen molar-refractivity contribution in [3.8, 4) is 0 Å². The molecular weight excluding hydrogens is 260 g/mol. The molecule has 1 aromatic rings. The van der Waals surface area contributed by atoms with Crippen molar-refractivity contribution >= 4 is 21.4 Å². The molecule has 0 aliphatic heterocycles. The van der Waals surface area contributed by atoms with Gasteiger partial charge in [0.15, 0.2) is 4.90 Å². The predicted octanol–water partition coefficient (Wildman–Crippen LogP) is 0.567. The fraction of sp³-hybridized carbons (Fsp3) is 0.333. The zero-order valence-corrected chi connectivity index (χ0v) is 10.7. The van der Waals surface area contributed by atoms with Crippen LogP contribution in [-0.4, -0.2) is 19.4 Å². The van der Waals surface area contributed by atoms with Crippen molar-refractivity contribution in [3.63, 3.8) is 0 Å². The standard InChI is InChI=1S/C9H14N4O4S/c1-6(2)12-18(16,17)8-5-3-4-7(11-10)9(8)13(14)15/h3-6,11-12H,10H2,1-2H3. The number of anilines is 1. The molecule has 0 saturated carbocycles. The molecule has 0 radical (unpaired) electrons. The van der Waals surface area contributed by atoms with E-state index in [2.05, 4.69) is 10.1 Å². The number of hydrazine groups is 1. The van der Waals surface area contributed by atoms with Gasteiger partial charge in [-0.25, -0.2) is 13.1 Å². The quantitative estimate of drug-likeness (QED) is 0.409. The molecule has 0 aliphatic carbocycles.